The molecule has 1 rings (SSSR count). The molecule has 0 heterocycles. The topological polar surface area (TPSA) is 319 Å². The van der Waals surface area contributed by atoms with Crippen LogP contribution < -0.4 is 37.6 Å². The highest BCUT2D eigenvalue weighted by Gasteiger charge is 2.33. The maximum Gasteiger partial charge on any atom is 0.328 e. The van der Waals surface area contributed by atoms with Crippen molar-refractivity contribution in [1.82, 2.24) is 31.9 Å². The van der Waals surface area contributed by atoms with Crippen LogP contribution in [0.2, 0.25) is 0 Å². The molecule has 0 bridgehead atoms. The van der Waals surface area contributed by atoms with Gasteiger partial charge in [0, 0.05) is 0 Å². The van der Waals surface area contributed by atoms with Crippen molar-refractivity contribution in [3.05, 3.63) is 29.8 Å². The lowest BCUT2D eigenvalue weighted by molar-refractivity contribution is -0.143. The van der Waals surface area contributed by atoms with Gasteiger partial charge < -0.3 is 63.2 Å². The predicted octanol–water partition coefficient (Wildman–Crippen LogP) is -4.68. The van der Waals surface area contributed by atoms with E-state index in [4.69, 9.17) is 15.9 Å². The van der Waals surface area contributed by atoms with Crippen LogP contribution in [0.15, 0.2) is 24.3 Å². The first-order chi connectivity index (χ1) is 22.9. The fourth-order valence-corrected chi connectivity index (χ4v) is 4.20. The van der Waals surface area contributed by atoms with E-state index in [1.165, 1.54) is 19.1 Å². The number of aliphatic hydroxyl groups is 3. The molecule has 19 heteroatoms. The molecule has 7 atom stereocenters. The molecule has 6 amide bonds. The second kappa shape index (κ2) is 20.5. The summed E-state index contributed by atoms with van der Waals surface area (Å²) in [4.78, 5) is 87.3. The standard InChI is InChI=1S/C30H47N7O12/c1-14(2)9-20(27(45)33-15(3)25(43)36-22(13-39)30(48)49)35-29(47)24(16(4)40)37-28(46)21(12-38)34-23(42)11-32-26(44)19(31)10-17-5-7-18(41)8-6-17/h5-8,14-16,19-22,24,38-41H,9-13,31H2,1-4H3,(H,32,44)(H,33,45)(H,34,42)(H,35,47)(H,36,43)(H,37,46)(H,48,49)/t15-,16+,19-,20-,21-,22-,24-/m0/s1. The van der Waals surface area contributed by atoms with Crippen molar-refractivity contribution in [3.8, 4) is 5.75 Å². The van der Waals surface area contributed by atoms with Gasteiger partial charge in [0.15, 0.2) is 0 Å². The van der Waals surface area contributed by atoms with Crippen LogP contribution in [0.25, 0.3) is 0 Å². The summed E-state index contributed by atoms with van der Waals surface area (Å²) in [5.41, 5.74) is 6.52. The number of carboxylic acids is 1. The Morgan fingerprint density at radius 3 is 1.78 bits per heavy atom. The molecule has 0 aromatic heterocycles. The minimum Gasteiger partial charge on any atom is -0.508 e. The van der Waals surface area contributed by atoms with Gasteiger partial charge in [-0.15, -0.1) is 0 Å². The second-order valence-electron chi connectivity index (χ2n) is 11.7. The van der Waals surface area contributed by atoms with Crippen LogP contribution in [0.3, 0.4) is 0 Å². The Kier molecular flexibility index (Phi) is 17.6. The van der Waals surface area contributed by atoms with Crippen molar-refractivity contribution < 1.29 is 59.1 Å². The normalized spacial score (nSPS) is 15.3. The minimum atomic E-state index is -1.68. The van der Waals surface area contributed by atoms with Crippen LogP contribution in [0, 0.1) is 5.92 Å². The number of benzene rings is 1. The summed E-state index contributed by atoms with van der Waals surface area (Å²) in [6.07, 6.45) is -1.39. The first-order valence-electron chi connectivity index (χ1n) is 15.3. The molecule has 1 aromatic carbocycles. The molecule has 0 saturated carbocycles. The third-order valence-electron chi connectivity index (χ3n) is 6.94. The van der Waals surface area contributed by atoms with Crippen molar-refractivity contribution in [2.24, 2.45) is 11.7 Å². The first kappa shape index (κ1) is 42.2. The Labute approximate surface area is 282 Å². The van der Waals surface area contributed by atoms with Gasteiger partial charge in [0.25, 0.3) is 0 Å². The average molecular weight is 698 g/mol. The molecule has 0 unspecified atom stereocenters. The molecule has 0 aliphatic carbocycles. The number of carboxylic acid groups (broad SMARTS) is 1. The zero-order valence-corrected chi connectivity index (χ0v) is 27.6. The molecule has 0 aliphatic rings. The van der Waals surface area contributed by atoms with Gasteiger partial charge in [-0.25, -0.2) is 4.79 Å². The molecular formula is C30H47N7O12. The lowest BCUT2D eigenvalue weighted by Crippen LogP contribution is -2.61. The smallest absolute Gasteiger partial charge is 0.328 e. The van der Waals surface area contributed by atoms with E-state index in [1.807, 2.05) is 5.32 Å². The number of hydrogen-bond acceptors (Lipinski definition) is 12. The van der Waals surface area contributed by atoms with Crippen molar-refractivity contribution in [2.45, 2.75) is 82.9 Å². The lowest BCUT2D eigenvalue weighted by Gasteiger charge is -2.27. The Morgan fingerprint density at radius 2 is 1.27 bits per heavy atom. The van der Waals surface area contributed by atoms with Gasteiger partial charge in [0.1, 0.15) is 36.0 Å². The van der Waals surface area contributed by atoms with E-state index in [0.717, 1.165) is 6.92 Å². The summed E-state index contributed by atoms with van der Waals surface area (Å²) in [6, 6.07) is -2.54. The molecule has 13 N–H and O–H groups in total. The first-order valence-corrected chi connectivity index (χ1v) is 15.3. The number of phenolic OH excluding ortho intramolecular Hbond substituents is 1. The van der Waals surface area contributed by atoms with Gasteiger partial charge in [0.2, 0.25) is 35.4 Å². The average Bonchev–Trinajstić information content (AvgIpc) is 3.03. The van der Waals surface area contributed by atoms with Crippen LogP contribution in [0.1, 0.15) is 39.7 Å². The van der Waals surface area contributed by atoms with Crippen molar-refractivity contribution in [2.75, 3.05) is 19.8 Å². The monoisotopic (exact) mass is 697 g/mol. The minimum absolute atomic E-state index is 0.0346. The van der Waals surface area contributed by atoms with E-state index < -0.39 is 104 Å². The van der Waals surface area contributed by atoms with Gasteiger partial charge in [-0.3, -0.25) is 28.8 Å². The third kappa shape index (κ3) is 14.8. The third-order valence-corrected chi connectivity index (χ3v) is 6.94. The summed E-state index contributed by atoms with van der Waals surface area (Å²) >= 11 is 0. The van der Waals surface area contributed by atoms with Crippen LogP contribution in [-0.2, 0) is 40.0 Å². The van der Waals surface area contributed by atoms with E-state index in [1.54, 1.807) is 26.0 Å². The number of hydrogen-bond donors (Lipinski definition) is 12. The number of phenols is 1. The second-order valence-corrected chi connectivity index (χ2v) is 11.7. The van der Waals surface area contributed by atoms with E-state index in [0.29, 0.717) is 5.56 Å². The molecule has 274 valence electrons. The quantitative estimate of drug-likeness (QED) is 0.0610. The summed E-state index contributed by atoms with van der Waals surface area (Å²) < 4.78 is 0. The number of rotatable bonds is 20. The molecule has 0 spiro atoms. The summed E-state index contributed by atoms with van der Waals surface area (Å²) in [5, 5.41) is 61.0. The van der Waals surface area contributed by atoms with Crippen molar-refractivity contribution in [1.29, 1.82) is 0 Å². The summed E-state index contributed by atoms with van der Waals surface area (Å²) in [6.45, 7) is 3.43. The number of amides is 6. The number of nitrogens with one attached hydrogen (secondary N) is 6. The lowest BCUT2D eigenvalue weighted by atomic mass is 10.0. The molecule has 0 radical (unpaired) electrons. The highest BCUT2D eigenvalue weighted by atomic mass is 16.4. The van der Waals surface area contributed by atoms with Crippen LogP contribution >= 0.6 is 0 Å². The van der Waals surface area contributed by atoms with E-state index >= 15 is 0 Å². The maximum absolute atomic E-state index is 13.2. The fourth-order valence-electron chi connectivity index (χ4n) is 4.20. The number of nitrogens with two attached hydrogens (primary N) is 1. The van der Waals surface area contributed by atoms with Gasteiger partial charge in [-0.2, -0.15) is 0 Å². The zero-order valence-electron chi connectivity index (χ0n) is 27.6. The molecule has 0 aliphatic heterocycles. The summed E-state index contributed by atoms with van der Waals surface area (Å²) in [7, 11) is 0. The van der Waals surface area contributed by atoms with Crippen LogP contribution in [0.4, 0.5) is 0 Å². The number of carbonyl (C=O) groups is 7. The highest BCUT2D eigenvalue weighted by molar-refractivity contribution is 5.96. The van der Waals surface area contributed by atoms with E-state index in [9.17, 15) is 48.9 Å². The molecule has 49 heavy (non-hydrogen) atoms. The molecule has 1 aromatic rings. The molecule has 0 fully saturated rings. The van der Waals surface area contributed by atoms with Gasteiger partial charge in [-0.05, 0) is 50.3 Å². The summed E-state index contributed by atoms with van der Waals surface area (Å²) in [5.74, 6) is -7.10. The van der Waals surface area contributed by atoms with Crippen molar-refractivity contribution >= 4 is 41.4 Å². The molecule has 19 nitrogen and oxygen atoms in total. The van der Waals surface area contributed by atoms with E-state index in [-0.39, 0.29) is 24.5 Å². The van der Waals surface area contributed by atoms with Gasteiger partial charge in [0.05, 0.1) is 31.9 Å². The fraction of sp³-hybridized carbons (Fsp3) is 0.567. The zero-order chi connectivity index (χ0) is 37.4. The van der Waals surface area contributed by atoms with Crippen LogP contribution in [-0.4, -0.2) is 129 Å². The Balaban J connectivity index is 2.83. The van der Waals surface area contributed by atoms with Gasteiger partial charge >= 0.3 is 5.97 Å². The van der Waals surface area contributed by atoms with Crippen molar-refractivity contribution in [3.63, 3.8) is 0 Å². The highest BCUT2D eigenvalue weighted by Crippen LogP contribution is 2.11. The van der Waals surface area contributed by atoms with Gasteiger partial charge in [-0.1, -0.05) is 26.0 Å². The largest absolute Gasteiger partial charge is 0.508 e. The maximum atomic E-state index is 13.2. The number of carbonyl (C=O) groups excluding carboxylic acids is 6. The number of aliphatic carboxylic acids is 1. The Hall–Kier alpha value is -4.85. The van der Waals surface area contributed by atoms with Crippen LogP contribution in [0.5, 0.6) is 5.75 Å². The SMILES string of the molecule is CC(C)C[C@H](NC(=O)[C@@H](NC(=O)[C@H](CO)NC(=O)CNC(=O)[C@@H](N)Cc1ccc(O)cc1)[C@@H](C)O)C(=O)N[C@@H](C)C(=O)N[C@@H](CO)C(=O)O. The molecular weight excluding hydrogens is 650 g/mol. The molecule has 0 saturated heterocycles. The number of aliphatic hydroxyl groups excluding tert-OH is 3. The Bertz CT molecular complexity index is 1310. The van der Waals surface area contributed by atoms with E-state index in [2.05, 4.69) is 26.6 Å². The predicted molar refractivity (Wildman–Crippen MR) is 171 cm³/mol. The Morgan fingerprint density at radius 1 is 0.714 bits per heavy atom. The number of aromatic hydroxyl groups is 1.